The van der Waals surface area contributed by atoms with Crippen molar-refractivity contribution in [2.45, 2.75) is 18.3 Å². The second-order valence-electron chi connectivity index (χ2n) is 6.35. The van der Waals surface area contributed by atoms with Crippen molar-refractivity contribution in [2.24, 2.45) is 4.99 Å². The molecule has 1 aromatic carbocycles. The Kier molecular flexibility index (Phi) is 4.87. The molecule has 134 valence electrons. The lowest BCUT2D eigenvalue weighted by Crippen LogP contribution is -2.45. The molecule has 1 aromatic rings. The maximum atomic E-state index is 13.4. The van der Waals surface area contributed by atoms with Gasteiger partial charge in [0, 0.05) is 32.1 Å². The van der Waals surface area contributed by atoms with Crippen LogP contribution in [0.15, 0.2) is 29.3 Å². The van der Waals surface area contributed by atoms with Crippen LogP contribution in [0.25, 0.3) is 0 Å². The van der Waals surface area contributed by atoms with E-state index in [1.807, 2.05) is 6.07 Å². The van der Waals surface area contributed by atoms with Crippen LogP contribution in [0, 0.1) is 5.82 Å². The molecule has 0 aromatic heterocycles. The Morgan fingerprint density at radius 1 is 1.36 bits per heavy atom. The molecular formula is C17H22FN5O2. The molecule has 0 bridgehead atoms. The highest BCUT2D eigenvalue weighted by molar-refractivity contribution is 6.01. The lowest BCUT2D eigenvalue weighted by molar-refractivity contribution is -0.124. The summed E-state index contributed by atoms with van der Waals surface area (Å²) in [6.45, 7) is 1.40. The third kappa shape index (κ3) is 3.89. The summed E-state index contributed by atoms with van der Waals surface area (Å²) in [5.74, 6) is 0.146. The van der Waals surface area contributed by atoms with Gasteiger partial charge in [0.15, 0.2) is 5.96 Å². The molecule has 1 aliphatic heterocycles. The smallest absolute Gasteiger partial charge is 0.324 e. The maximum absolute atomic E-state index is 13.4. The highest BCUT2D eigenvalue weighted by Crippen LogP contribution is 2.47. The minimum Gasteiger partial charge on any atom is -0.356 e. The minimum atomic E-state index is -0.363. The summed E-state index contributed by atoms with van der Waals surface area (Å²) in [5.41, 5.74) is 0.944. The van der Waals surface area contributed by atoms with Gasteiger partial charge < -0.3 is 16.0 Å². The van der Waals surface area contributed by atoms with E-state index in [2.05, 4.69) is 20.9 Å². The number of imide groups is 1. The Labute approximate surface area is 145 Å². The molecule has 8 heteroatoms. The van der Waals surface area contributed by atoms with Gasteiger partial charge in [-0.1, -0.05) is 12.1 Å². The first-order valence-corrected chi connectivity index (χ1v) is 8.33. The number of aliphatic imine (C=N–C) groups is 1. The zero-order chi connectivity index (χ0) is 17.9. The second kappa shape index (κ2) is 7.08. The Bertz CT molecular complexity index is 686. The third-order valence-corrected chi connectivity index (χ3v) is 4.67. The molecule has 1 aliphatic carbocycles. The molecule has 0 radical (unpaired) electrons. The zero-order valence-electron chi connectivity index (χ0n) is 14.1. The summed E-state index contributed by atoms with van der Waals surface area (Å²) in [6, 6.07) is 6.35. The standard InChI is InChI=1S/C17H22FN5O2/c1-19-15(20-7-8-23-14(24)10-21-16(23)25)22-11-17(5-6-17)12-3-2-4-13(18)9-12/h2-4,9H,5-8,10-11H2,1H3,(H,21,25)(H2,19,20,22). The van der Waals surface area contributed by atoms with Crippen LogP contribution in [0.3, 0.4) is 0 Å². The number of amides is 3. The van der Waals surface area contributed by atoms with Crippen molar-refractivity contribution >= 4 is 17.9 Å². The number of carbonyl (C=O) groups excluding carboxylic acids is 2. The maximum Gasteiger partial charge on any atom is 0.324 e. The van der Waals surface area contributed by atoms with Crippen LogP contribution in [0.2, 0.25) is 0 Å². The van der Waals surface area contributed by atoms with Crippen LogP contribution in [-0.4, -0.2) is 56.0 Å². The van der Waals surface area contributed by atoms with Crippen molar-refractivity contribution < 1.29 is 14.0 Å². The Balaban J connectivity index is 1.48. The molecule has 3 amide bonds. The van der Waals surface area contributed by atoms with Crippen molar-refractivity contribution in [3.05, 3.63) is 35.6 Å². The van der Waals surface area contributed by atoms with E-state index < -0.39 is 0 Å². The number of guanidine groups is 1. The van der Waals surface area contributed by atoms with E-state index >= 15 is 0 Å². The predicted octanol–water partition coefficient (Wildman–Crippen LogP) is 0.574. The van der Waals surface area contributed by atoms with Crippen molar-refractivity contribution in [1.82, 2.24) is 20.9 Å². The first-order chi connectivity index (χ1) is 12.0. The van der Waals surface area contributed by atoms with E-state index in [0.717, 1.165) is 18.4 Å². The molecule has 3 rings (SSSR count). The van der Waals surface area contributed by atoms with Gasteiger partial charge in [-0.2, -0.15) is 0 Å². The average Bonchev–Trinajstić information content (AvgIpc) is 3.33. The fourth-order valence-electron chi connectivity index (χ4n) is 2.98. The van der Waals surface area contributed by atoms with Gasteiger partial charge in [-0.3, -0.25) is 14.7 Å². The number of benzene rings is 1. The lowest BCUT2D eigenvalue weighted by atomic mass is 9.96. The van der Waals surface area contributed by atoms with Crippen LogP contribution in [0.4, 0.5) is 9.18 Å². The predicted molar refractivity (Wildman–Crippen MR) is 91.8 cm³/mol. The highest BCUT2D eigenvalue weighted by atomic mass is 19.1. The molecule has 0 atom stereocenters. The molecule has 3 N–H and O–H groups in total. The number of hydrogen-bond acceptors (Lipinski definition) is 3. The molecule has 0 unspecified atom stereocenters. The summed E-state index contributed by atoms with van der Waals surface area (Å²) in [5, 5.41) is 8.82. The van der Waals surface area contributed by atoms with Gasteiger partial charge in [0.25, 0.3) is 0 Å². The number of rotatable bonds is 6. The van der Waals surface area contributed by atoms with Gasteiger partial charge >= 0.3 is 6.03 Å². The Morgan fingerprint density at radius 2 is 2.16 bits per heavy atom. The van der Waals surface area contributed by atoms with E-state index in [4.69, 9.17) is 0 Å². The number of urea groups is 1. The number of halogens is 1. The summed E-state index contributed by atoms with van der Waals surface area (Å²) < 4.78 is 13.4. The zero-order valence-corrected chi connectivity index (χ0v) is 14.1. The summed E-state index contributed by atoms with van der Waals surface area (Å²) in [4.78, 5) is 28.3. The molecule has 2 aliphatic rings. The van der Waals surface area contributed by atoms with Crippen LogP contribution in [0.5, 0.6) is 0 Å². The van der Waals surface area contributed by atoms with Gasteiger partial charge in [0.05, 0.1) is 6.54 Å². The summed E-state index contributed by atoms with van der Waals surface area (Å²) in [7, 11) is 1.66. The van der Waals surface area contributed by atoms with Crippen LogP contribution in [-0.2, 0) is 10.2 Å². The first-order valence-electron chi connectivity index (χ1n) is 8.33. The summed E-state index contributed by atoms with van der Waals surface area (Å²) >= 11 is 0. The Hall–Kier alpha value is -2.64. The Morgan fingerprint density at radius 3 is 2.76 bits per heavy atom. The van der Waals surface area contributed by atoms with Crippen molar-refractivity contribution in [3.63, 3.8) is 0 Å². The van der Waals surface area contributed by atoms with E-state index in [1.165, 1.54) is 11.0 Å². The molecular weight excluding hydrogens is 325 g/mol. The number of nitrogens with one attached hydrogen (secondary N) is 3. The first kappa shape index (κ1) is 17.2. The van der Waals surface area contributed by atoms with E-state index in [-0.39, 0.29) is 36.3 Å². The van der Waals surface area contributed by atoms with Gasteiger partial charge in [-0.25, -0.2) is 9.18 Å². The highest BCUT2D eigenvalue weighted by Gasteiger charge is 2.44. The largest absolute Gasteiger partial charge is 0.356 e. The minimum absolute atomic E-state index is 0.0511. The van der Waals surface area contributed by atoms with Crippen molar-refractivity contribution in [2.75, 3.05) is 33.2 Å². The van der Waals surface area contributed by atoms with Gasteiger partial charge in [-0.15, -0.1) is 0 Å². The third-order valence-electron chi connectivity index (χ3n) is 4.67. The lowest BCUT2D eigenvalue weighted by Gasteiger charge is -2.20. The quantitative estimate of drug-likeness (QED) is 0.399. The number of hydrogen-bond donors (Lipinski definition) is 3. The van der Waals surface area contributed by atoms with Gasteiger partial charge in [0.2, 0.25) is 5.91 Å². The molecule has 7 nitrogen and oxygen atoms in total. The van der Waals surface area contributed by atoms with E-state index in [1.54, 1.807) is 19.2 Å². The van der Waals surface area contributed by atoms with E-state index in [0.29, 0.717) is 19.0 Å². The fraction of sp³-hybridized carbons (Fsp3) is 0.471. The van der Waals surface area contributed by atoms with Gasteiger partial charge in [0.1, 0.15) is 5.82 Å². The molecule has 1 saturated heterocycles. The molecule has 1 saturated carbocycles. The molecule has 25 heavy (non-hydrogen) atoms. The van der Waals surface area contributed by atoms with E-state index in [9.17, 15) is 14.0 Å². The van der Waals surface area contributed by atoms with Crippen LogP contribution < -0.4 is 16.0 Å². The number of carbonyl (C=O) groups is 2. The van der Waals surface area contributed by atoms with Crippen LogP contribution >= 0.6 is 0 Å². The summed E-state index contributed by atoms with van der Waals surface area (Å²) in [6.07, 6.45) is 2.01. The molecule has 2 fully saturated rings. The topological polar surface area (TPSA) is 85.8 Å². The van der Waals surface area contributed by atoms with Crippen LogP contribution in [0.1, 0.15) is 18.4 Å². The van der Waals surface area contributed by atoms with Crippen molar-refractivity contribution in [1.29, 1.82) is 0 Å². The molecule has 1 heterocycles. The normalized spacial score (nSPS) is 19.0. The monoisotopic (exact) mass is 347 g/mol. The fourth-order valence-corrected chi connectivity index (χ4v) is 2.98. The average molecular weight is 347 g/mol. The SMILES string of the molecule is CN=C(NCCN1C(=O)CNC1=O)NCC1(c2cccc(F)c2)CC1. The van der Waals surface area contributed by atoms with Crippen molar-refractivity contribution in [3.8, 4) is 0 Å². The second-order valence-corrected chi connectivity index (χ2v) is 6.35. The number of nitrogens with zero attached hydrogens (tertiary/aromatic N) is 2. The molecule has 0 spiro atoms. The van der Waals surface area contributed by atoms with Gasteiger partial charge in [-0.05, 0) is 30.5 Å².